The summed E-state index contributed by atoms with van der Waals surface area (Å²) in [6.45, 7) is 0. The van der Waals surface area contributed by atoms with Gasteiger partial charge in [-0.3, -0.25) is 19.9 Å². The van der Waals surface area contributed by atoms with Crippen molar-refractivity contribution in [1.82, 2.24) is 0 Å². The minimum absolute atomic E-state index is 0.120. The van der Waals surface area contributed by atoms with Crippen LogP contribution in [0.2, 0.25) is 0 Å². The Hall–Kier alpha value is -3.22. The third-order valence-electron chi connectivity index (χ3n) is 2.84. The first kappa shape index (κ1) is 15.2. The Morgan fingerprint density at radius 3 is 2.73 bits per heavy atom. The number of carboxylic acids is 1. The van der Waals surface area contributed by atoms with Gasteiger partial charge < -0.3 is 10.2 Å². The van der Waals surface area contributed by atoms with Crippen LogP contribution in [0, 0.1) is 10.1 Å². The van der Waals surface area contributed by atoms with Gasteiger partial charge in [0.05, 0.1) is 17.0 Å². The lowest BCUT2D eigenvalue weighted by molar-refractivity contribution is -0.384. The molecule has 0 amide bonds. The highest BCUT2D eigenvalue weighted by molar-refractivity contribution is 5.86. The second-order valence-corrected chi connectivity index (χ2v) is 4.50. The summed E-state index contributed by atoms with van der Waals surface area (Å²) in [6, 6.07) is 10.2. The number of nitro groups is 1. The number of phenolic OH excluding ortho intramolecular Hbond substituents is 1. The van der Waals surface area contributed by atoms with Gasteiger partial charge in [-0.15, -0.1) is 0 Å². The van der Waals surface area contributed by atoms with E-state index in [1.54, 1.807) is 24.3 Å². The number of hydrogen-bond acceptors (Lipinski definition) is 5. The minimum Gasteiger partial charge on any atom is -0.507 e. The monoisotopic (exact) mass is 300 g/mol. The maximum absolute atomic E-state index is 10.7. The number of phenols is 1. The number of rotatable bonds is 5. The first-order valence-electron chi connectivity index (χ1n) is 6.28. The normalized spacial score (nSPS) is 10.7. The zero-order valence-electron chi connectivity index (χ0n) is 11.3. The molecule has 2 aromatic carbocycles. The predicted molar refractivity (Wildman–Crippen MR) is 79.8 cm³/mol. The summed E-state index contributed by atoms with van der Waals surface area (Å²) in [5.74, 6) is -1.08. The molecule has 0 unspecified atom stereocenters. The molecule has 7 heteroatoms. The van der Waals surface area contributed by atoms with Crippen molar-refractivity contribution in [2.75, 3.05) is 0 Å². The van der Waals surface area contributed by atoms with Gasteiger partial charge in [0, 0.05) is 23.9 Å². The molecule has 0 aliphatic heterocycles. The van der Waals surface area contributed by atoms with E-state index >= 15 is 0 Å². The number of aliphatic imine (C=N–C) groups is 1. The van der Waals surface area contributed by atoms with Crippen molar-refractivity contribution in [2.24, 2.45) is 4.99 Å². The Bertz CT molecular complexity index is 755. The molecule has 0 aromatic heterocycles. The first-order chi connectivity index (χ1) is 10.5. The van der Waals surface area contributed by atoms with Gasteiger partial charge in [-0.25, -0.2) is 0 Å². The quantitative estimate of drug-likeness (QED) is 0.500. The van der Waals surface area contributed by atoms with Gasteiger partial charge in [-0.05, 0) is 23.8 Å². The second-order valence-electron chi connectivity index (χ2n) is 4.50. The van der Waals surface area contributed by atoms with Crippen LogP contribution in [-0.2, 0) is 11.2 Å². The number of hydrogen-bond donors (Lipinski definition) is 2. The Morgan fingerprint density at radius 2 is 2.05 bits per heavy atom. The summed E-state index contributed by atoms with van der Waals surface area (Å²) < 4.78 is 0. The molecule has 22 heavy (non-hydrogen) atoms. The molecular weight excluding hydrogens is 288 g/mol. The molecule has 0 radical (unpaired) electrons. The number of non-ortho nitro benzene ring substituents is 1. The lowest BCUT2D eigenvalue weighted by atomic mass is 10.1. The summed E-state index contributed by atoms with van der Waals surface area (Å²) in [5.41, 5.74) is 1.13. The standard InChI is InChI=1S/C15H12N2O5/c18-14-5-4-13(17(21)22)8-11(14)9-16-12-3-1-2-10(6-12)7-15(19)20/h1-6,8-9,18H,7H2,(H,19,20)/b16-9+. The van der Waals surface area contributed by atoms with Crippen molar-refractivity contribution >= 4 is 23.6 Å². The Morgan fingerprint density at radius 1 is 1.27 bits per heavy atom. The molecule has 0 aliphatic rings. The van der Waals surface area contributed by atoms with Crippen LogP contribution < -0.4 is 0 Å². The minimum atomic E-state index is -0.947. The summed E-state index contributed by atoms with van der Waals surface area (Å²) in [7, 11) is 0. The highest BCUT2D eigenvalue weighted by Crippen LogP contribution is 2.22. The van der Waals surface area contributed by atoms with Crippen LogP contribution in [0.3, 0.4) is 0 Å². The van der Waals surface area contributed by atoms with Crippen LogP contribution in [0.25, 0.3) is 0 Å². The zero-order valence-corrected chi connectivity index (χ0v) is 11.3. The molecule has 2 N–H and O–H groups in total. The molecule has 0 fully saturated rings. The largest absolute Gasteiger partial charge is 0.507 e. The van der Waals surface area contributed by atoms with Gasteiger partial charge in [-0.2, -0.15) is 0 Å². The third-order valence-corrected chi connectivity index (χ3v) is 2.84. The number of nitrogens with zero attached hydrogens (tertiary/aromatic N) is 2. The highest BCUT2D eigenvalue weighted by atomic mass is 16.6. The maximum atomic E-state index is 10.7. The number of nitro benzene ring substituents is 1. The van der Waals surface area contributed by atoms with Crippen LogP contribution >= 0.6 is 0 Å². The second kappa shape index (κ2) is 6.49. The number of aliphatic carboxylic acids is 1. The molecule has 0 saturated heterocycles. The molecule has 0 saturated carbocycles. The fourth-order valence-corrected chi connectivity index (χ4v) is 1.82. The van der Waals surface area contributed by atoms with E-state index in [9.17, 15) is 20.0 Å². The zero-order chi connectivity index (χ0) is 16.1. The number of carbonyl (C=O) groups is 1. The molecule has 0 atom stereocenters. The number of aromatic hydroxyl groups is 1. The lowest BCUT2D eigenvalue weighted by Gasteiger charge is -2.00. The molecule has 2 aromatic rings. The molecule has 112 valence electrons. The Kier molecular flexibility index (Phi) is 4.47. The van der Waals surface area contributed by atoms with E-state index in [0.29, 0.717) is 11.3 Å². The molecule has 7 nitrogen and oxygen atoms in total. The first-order valence-corrected chi connectivity index (χ1v) is 6.28. The molecule has 0 spiro atoms. The number of carboxylic acid groups (broad SMARTS) is 1. The molecule has 2 rings (SSSR count). The average molecular weight is 300 g/mol. The fraction of sp³-hybridized carbons (Fsp3) is 0.0667. The van der Waals surface area contributed by atoms with Crippen LogP contribution in [0.1, 0.15) is 11.1 Å². The van der Waals surface area contributed by atoms with Crippen molar-refractivity contribution in [2.45, 2.75) is 6.42 Å². The smallest absolute Gasteiger partial charge is 0.307 e. The van der Waals surface area contributed by atoms with Crippen LogP contribution in [-0.4, -0.2) is 27.3 Å². The summed E-state index contributed by atoms with van der Waals surface area (Å²) >= 11 is 0. The highest BCUT2D eigenvalue weighted by Gasteiger charge is 2.08. The van der Waals surface area contributed by atoms with E-state index < -0.39 is 10.9 Å². The lowest BCUT2D eigenvalue weighted by Crippen LogP contribution is -1.99. The van der Waals surface area contributed by atoms with Crippen molar-refractivity contribution in [3.63, 3.8) is 0 Å². The number of benzene rings is 2. The Labute approximate surface area is 125 Å². The van der Waals surface area contributed by atoms with Gasteiger partial charge in [0.15, 0.2) is 0 Å². The fourth-order valence-electron chi connectivity index (χ4n) is 1.82. The van der Waals surface area contributed by atoms with E-state index in [0.717, 1.165) is 0 Å². The van der Waals surface area contributed by atoms with Crippen LogP contribution in [0.5, 0.6) is 5.75 Å². The maximum Gasteiger partial charge on any atom is 0.307 e. The van der Waals surface area contributed by atoms with Crippen molar-refractivity contribution in [3.05, 3.63) is 63.7 Å². The average Bonchev–Trinajstić information content (AvgIpc) is 2.46. The molecule has 0 bridgehead atoms. The van der Waals surface area contributed by atoms with E-state index in [-0.39, 0.29) is 23.4 Å². The molecular formula is C15H12N2O5. The van der Waals surface area contributed by atoms with E-state index in [1.165, 1.54) is 24.4 Å². The van der Waals surface area contributed by atoms with E-state index in [1.807, 2.05) is 0 Å². The summed E-state index contributed by atoms with van der Waals surface area (Å²) in [4.78, 5) is 24.9. The van der Waals surface area contributed by atoms with Gasteiger partial charge in [0.2, 0.25) is 0 Å². The van der Waals surface area contributed by atoms with Gasteiger partial charge in [-0.1, -0.05) is 12.1 Å². The Balaban J connectivity index is 2.26. The molecule has 0 heterocycles. The predicted octanol–water partition coefficient (Wildman–Crippen LogP) is 2.68. The molecule has 0 aliphatic carbocycles. The van der Waals surface area contributed by atoms with Crippen molar-refractivity contribution in [1.29, 1.82) is 0 Å². The van der Waals surface area contributed by atoms with Crippen LogP contribution in [0.4, 0.5) is 11.4 Å². The van der Waals surface area contributed by atoms with Crippen molar-refractivity contribution < 1.29 is 19.9 Å². The SMILES string of the molecule is O=C(O)Cc1cccc(/N=C/c2cc([N+](=O)[O-])ccc2O)c1. The summed E-state index contributed by atoms with van der Waals surface area (Å²) in [6.07, 6.45) is 1.17. The van der Waals surface area contributed by atoms with E-state index in [4.69, 9.17) is 5.11 Å². The van der Waals surface area contributed by atoms with Gasteiger partial charge in [0.1, 0.15) is 5.75 Å². The van der Waals surface area contributed by atoms with Gasteiger partial charge >= 0.3 is 5.97 Å². The topological polar surface area (TPSA) is 113 Å². The van der Waals surface area contributed by atoms with E-state index in [2.05, 4.69) is 4.99 Å². The van der Waals surface area contributed by atoms with Gasteiger partial charge in [0.25, 0.3) is 5.69 Å². The third kappa shape index (κ3) is 3.89. The van der Waals surface area contributed by atoms with Crippen LogP contribution in [0.15, 0.2) is 47.5 Å². The van der Waals surface area contributed by atoms with Crippen molar-refractivity contribution in [3.8, 4) is 5.75 Å². The summed E-state index contributed by atoms with van der Waals surface area (Å²) in [5, 5.41) is 29.1.